The summed E-state index contributed by atoms with van der Waals surface area (Å²) >= 11 is 0. The summed E-state index contributed by atoms with van der Waals surface area (Å²) in [6.45, 7) is -1.01. The number of nitrogens with two attached hydrogens (primary N) is 1. The number of carbonyl (C=O) groups excluding carboxylic acids is 2. The first-order chi connectivity index (χ1) is 18.3. The molecule has 18 heteroatoms. The maximum atomic E-state index is 13.2. The van der Waals surface area contributed by atoms with Crippen molar-refractivity contribution in [1.82, 2.24) is 10.6 Å². The van der Waals surface area contributed by atoms with E-state index in [2.05, 4.69) is 10.4 Å². The molecule has 0 radical (unpaired) electrons. The lowest BCUT2D eigenvalue weighted by Gasteiger charge is -2.18. The van der Waals surface area contributed by atoms with Crippen LogP contribution in [0, 0.1) is 0 Å². The molecule has 0 aliphatic heterocycles. The number of hydrazone groups is 1. The zero-order valence-corrected chi connectivity index (χ0v) is 19.6. The first kappa shape index (κ1) is 31.7. The van der Waals surface area contributed by atoms with Gasteiger partial charge in [-0.3, -0.25) is 9.59 Å². The molecule has 0 saturated heterocycles. The van der Waals surface area contributed by atoms with E-state index in [1.807, 2.05) is 10.6 Å². The number of nitrogens with zero attached hydrogens (tertiary/aromatic N) is 1. The molecule has 2 amide bonds. The van der Waals surface area contributed by atoms with Crippen molar-refractivity contribution >= 4 is 29.8 Å². The van der Waals surface area contributed by atoms with Gasteiger partial charge in [-0.2, -0.15) is 44.6 Å². The summed E-state index contributed by atoms with van der Waals surface area (Å²) in [5, 5.41) is 18.4. The highest BCUT2D eigenvalue weighted by Crippen LogP contribution is 2.36. The molecular weight excluding hydrogens is 569 g/mol. The molecule has 0 fully saturated rings. The second-order valence-electron chi connectivity index (χ2n) is 7.98. The summed E-state index contributed by atoms with van der Waals surface area (Å²) in [6.07, 6.45) is -15.5. The zero-order chi connectivity index (χ0) is 30.5. The number of anilines is 1. The number of rotatable bonds is 9. The summed E-state index contributed by atoms with van der Waals surface area (Å²) < 4.78 is 118. The van der Waals surface area contributed by atoms with E-state index < -0.39 is 83.1 Å². The molecular formula is C22H18F9N5O4. The number of halogens is 9. The Morgan fingerprint density at radius 3 is 1.85 bits per heavy atom. The third kappa shape index (κ3) is 9.05. The van der Waals surface area contributed by atoms with Gasteiger partial charge in [0.2, 0.25) is 5.91 Å². The molecule has 2 rings (SSSR count). The molecule has 218 valence electrons. The van der Waals surface area contributed by atoms with Crippen molar-refractivity contribution in [1.29, 1.82) is 0 Å². The SMILES string of the molecule is NN=CNc1cc(C(=O)NCC(=O)NC(Cc2cc(C(F)(F)F)cc(C(F)(F)F)c2)C(=O)O)cc(C(F)(F)F)c1. The number of aliphatic carboxylic acids is 1. The van der Waals surface area contributed by atoms with Crippen molar-refractivity contribution in [3.05, 3.63) is 64.2 Å². The molecule has 6 N–H and O–H groups in total. The quantitative estimate of drug-likeness (QED) is 0.0997. The minimum atomic E-state index is -5.20. The molecule has 0 aliphatic carbocycles. The van der Waals surface area contributed by atoms with Gasteiger partial charge < -0.3 is 26.9 Å². The molecule has 0 spiro atoms. The highest BCUT2D eigenvalue weighted by atomic mass is 19.4. The molecule has 40 heavy (non-hydrogen) atoms. The third-order valence-electron chi connectivity index (χ3n) is 4.96. The number of carboxylic acids is 1. The number of alkyl halides is 9. The standard InChI is InChI=1S/C22H18F9N5O4/c23-20(24,25)12-1-10(2-13(6-12)21(26,27)28)3-16(19(39)40)36-17(37)8-33-18(38)11-4-14(22(29,30)31)7-15(5-11)34-9-35-32/h1-2,4-7,9,16H,3,8,32H2,(H,33,38)(H,34,35)(H,36,37)(H,39,40). The van der Waals surface area contributed by atoms with Crippen LogP contribution in [0.3, 0.4) is 0 Å². The van der Waals surface area contributed by atoms with Crippen LogP contribution >= 0.6 is 0 Å². The van der Waals surface area contributed by atoms with E-state index in [1.165, 1.54) is 0 Å². The van der Waals surface area contributed by atoms with Gasteiger partial charge in [-0.15, -0.1) is 0 Å². The average Bonchev–Trinajstić information content (AvgIpc) is 2.83. The number of benzene rings is 2. The number of hydrogen-bond acceptors (Lipinski definition) is 5. The molecule has 2 aromatic carbocycles. The topological polar surface area (TPSA) is 146 Å². The van der Waals surface area contributed by atoms with Gasteiger partial charge >= 0.3 is 24.5 Å². The molecule has 0 aliphatic rings. The first-order valence-corrected chi connectivity index (χ1v) is 10.6. The van der Waals surface area contributed by atoms with Gasteiger partial charge in [0.05, 0.1) is 23.2 Å². The fraction of sp³-hybridized carbons (Fsp3) is 0.273. The summed E-state index contributed by atoms with van der Waals surface area (Å²) in [6, 6.07) is 0.390. The van der Waals surface area contributed by atoms with Crippen LogP contribution in [0.25, 0.3) is 0 Å². The Kier molecular flexibility index (Phi) is 9.61. The molecule has 1 unspecified atom stereocenters. The highest BCUT2D eigenvalue weighted by molar-refractivity contribution is 5.98. The second kappa shape index (κ2) is 12.1. The minimum Gasteiger partial charge on any atom is -0.480 e. The maximum Gasteiger partial charge on any atom is 0.416 e. The summed E-state index contributed by atoms with van der Waals surface area (Å²) in [4.78, 5) is 36.1. The van der Waals surface area contributed by atoms with Gasteiger partial charge in [0.15, 0.2) is 0 Å². The van der Waals surface area contributed by atoms with Crippen molar-refractivity contribution in [2.45, 2.75) is 31.0 Å². The Morgan fingerprint density at radius 1 is 0.850 bits per heavy atom. The van der Waals surface area contributed by atoms with Crippen molar-refractivity contribution < 1.29 is 59.0 Å². The highest BCUT2D eigenvalue weighted by Gasteiger charge is 2.37. The number of amides is 2. The maximum absolute atomic E-state index is 13.2. The minimum absolute atomic E-state index is 0.162. The number of nitrogens with one attached hydrogen (secondary N) is 3. The van der Waals surface area contributed by atoms with Crippen LogP contribution < -0.4 is 21.8 Å². The van der Waals surface area contributed by atoms with Crippen molar-refractivity contribution in [2.75, 3.05) is 11.9 Å². The van der Waals surface area contributed by atoms with Crippen LogP contribution in [-0.4, -0.2) is 41.8 Å². The predicted octanol–water partition coefficient (Wildman–Crippen LogP) is 3.60. The van der Waals surface area contributed by atoms with Crippen LogP contribution in [0.2, 0.25) is 0 Å². The molecule has 0 heterocycles. The molecule has 9 nitrogen and oxygen atoms in total. The lowest BCUT2D eigenvalue weighted by atomic mass is 9.99. The molecule has 2 aromatic rings. The van der Waals surface area contributed by atoms with E-state index in [0.717, 1.165) is 12.4 Å². The van der Waals surface area contributed by atoms with E-state index in [4.69, 9.17) is 5.84 Å². The number of carbonyl (C=O) groups is 3. The van der Waals surface area contributed by atoms with Crippen LogP contribution in [0.4, 0.5) is 45.2 Å². The van der Waals surface area contributed by atoms with Gasteiger partial charge in [-0.05, 0) is 42.0 Å². The summed E-state index contributed by atoms with van der Waals surface area (Å²) in [7, 11) is 0. The Balaban J connectivity index is 2.19. The van der Waals surface area contributed by atoms with Gasteiger partial charge in [0.25, 0.3) is 5.91 Å². The fourth-order valence-electron chi connectivity index (χ4n) is 3.20. The Morgan fingerprint density at radius 2 is 1.38 bits per heavy atom. The van der Waals surface area contributed by atoms with E-state index in [0.29, 0.717) is 12.1 Å². The largest absolute Gasteiger partial charge is 0.480 e. The van der Waals surface area contributed by atoms with Crippen LogP contribution in [-0.2, 0) is 34.5 Å². The second-order valence-corrected chi connectivity index (χ2v) is 7.98. The van der Waals surface area contributed by atoms with E-state index in [-0.39, 0.29) is 23.9 Å². The van der Waals surface area contributed by atoms with Crippen molar-refractivity contribution in [2.24, 2.45) is 10.9 Å². The summed E-state index contributed by atoms with van der Waals surface area (Å²) in [5.41, 5.74) is -6.23. The Labute approximate surface area is 218 Å². The Hall–Kier alpha value is -4.51. The monoisotopic (exact) mass is 587 g/mol. The predicted molar refractivity (Wildman–Crippen MR) is 120 cm³/mol. The summed E-state index contributed by atoms with van der Waals surface area (Å²) in [5.74, 6) is 0.554. The van der Waals surface area contributed by atoms with Gasteiger partial charge in [-0.25, -0.2) is 4.79 Å². The number of carboxylic acid groups (broad SMARTS) is 1. The van der Waals surface area contributed by atoms with Gasteiger partial charge in [0, 0.05) is 17.7 Å². The lowest BCUT2D eigenvalue weighted by molar-refractivity contribution is -0.143. The first-order valence-electron chi connectivity index (χ1n) is 10.6. The van der Waals surface area contributed by atoms with Crippen LogP contribution in [0.1, 0.15) is 32.6 Å². The third-order valence-corrected chi connectivity index (χ3v) is 4.96. The number of hydrogen-bond donors (Lipinski definition) is 5. The molecule has 0 saturated carbocycles. The Bertz CT molecular complexity index is 1260. The van der Waals surface area contributed by atoms with Gasteiger partial charge in [0.1, 0.15) is 12.4 Å². The molecule has 0 bridgehead atoms. The fourth-order valence-corrected chi connectivity index (χ4v) is 3.20. The average molecular weight is 587 g/mol. The molecule has 0 aromatic heterocycles. The normalized spacial score (nSPS) is 13.1. The zero-order valence-electron chi connectivity index (χ0n) is 19.6. The lowest BCUT2D eigenvalue weighted by Crippen LogP contribution is -2.46. The smallest absolute Gasteiger partial charge is 0.416 e. The van der Waals surface area contributed by atoms with Crippen LogP contribution in [0.15, 0.2) is 41.5 Å². The molecule has 1 atom stereocenters. The van der Waals surface area contributed by atoms with Crippen molar-refractivity contribution in [3.63, 3.8) is 0 Å². The van der Waals surface area contributed by atoms with E-state index in [1.54, 1.807) is 0 Å². The van der Waals surface area contributed by atoms with E-state index >= 15 is 0 Å². The van der Waals surface area contributed by atoms with Gasteiger partial charge in [-0.1, -0.05) is 0 Å². The van der Waals surface area contributed by atoms with Crippen molar-refractivity contribution in [3.8, 4) is 0 Å². The van der Waals surface area contributed by atoms with Crippen LogP contribution in [0.5, 0.6) is 0 Å². The van der Waals surface area contributed by atoms with E-state index in [9.17, 15) is 59.0 Å².